The van der Waals surface area contributed by atoms with Gasteiger partial charge in [-0.05, 0) is 43.6 Å². The Morgan fingerprint density at radius 1 is 1.20 bits per heavy atom. The second kappa shape index (κ2) is 7.24. The van der Waals surface area contributed by atoms with Gasteiger partial charge in [-0.3, -0.25) is 0 Å². The Kier molecular flexibility index (Phi) is 6.26. The van der Waals surface area contributed by atoms with Crippen molar-refractivity contribution in [2.75, 3.05) is 26.3 Å². The van der Waals surface area contributed by atoms with Crippen LogP contribution in [0.3, 0.4) is 0 Å². The minimum Gasteiger partial charge on any atom is -0.380 e. The standard InChI is InChI=1S/C13H27NO/c1-11(2)6-8-15-9-7-14-10-12(3)13-4-5-13/h11-14H,4-10H2,1-3H3. The molecule has 1 rings (SSSR count). The fourth-order valence-corrected chi connectivity index (χ4v) is 1.73. The van der Waals surface area contributed by atoms with Crippen LogP contribution >= 0.6 is 0 Å². The van der Waals surface area contributed by atoms with Crippen molar-refractivity contribution in [2.24, 2.45) is 17.8 Å². The zero-order valence-corrected chi connectivity index (χ0v) is 10.6. The van der Waals surface area contributed by atoms with E-state index in [-0.39, 0.29) is 0 Å². The Hall–Kier alpha value is -0.0800. The van der Waals surface area contributed by atoms with Gasteiger partial charge in [0.05, 0.1) is 6.61 Å². The third-order valence-corrected chi connectivity index (χ3v) is 3.16. The first kappa shape index (κ1) is 13.0. The van der Waals surface area contributed by atoms with Crippen molar-refractivity contribution in [1.29, 1.82) is 0 Å². The van der Waals surface area contributed by atoms with Crippen molar-refractivity contribution in [1.82, 2.24) is 5.32 Å². The Labute approximate surface area is 94.8 Å². The molecule has 1 atom stereocenters. The van der Waals surface area contributed by atoms with Gasteiger partial charge in [0.15, 0.2) is 0 Å². The molecule has 0 spiro atoms. The molecule has 0 aromatic rings. The van der Waals surface area contributed by atoms with Crippen molar-refractivity contribution < 1.29 is 4.74 Å². The Bertz CT molecular complexity index is 155. The molecule has 2 heteroatoms. The molecule has 90 valence electrons. The zero-order valence-electron chi connectivity index (χ0n) is 10.6. The van der Waals surface area contributed by atoms with Gasteiger partial charge in [0.1, 0.15) is 0 Å². The van der Waals surface area contributed by atoms with Crippen LogP contribution in [-0.2, 0) is 4.74 Å². The summed E-state index contributed by atoms with van der Waals surface area (Å²) in [4.78, 5) is 0. The first-order valence-corrected chi connectivity index (χ1v) is 6.48. The van der Waals surface area contributed by atoms with Crippen molar-refractivity contribution in [3.63, 3.8) is 0 Å². The van der Waals surface area contributed by atoms with E-state index in [9.17, 15) is 0 Å². The maximum atomic E-state index is 5.54. The van der Waals surface area contributed by atoms with E-state index in [0.29, 0.717) is 0 Å². The fraction of sp³-hybridized carbons (Fsp3) is 1.00. The predicted octanol–water partition coefficient (Wildman–Crippen LogP) is 2.68. The lowest BCUT2D eigenvalue weighted by atomic mass is 10.1. The van der Waals surface area contributed by atoms with Crippen LogP contribution < -0.4 is 5.32 Å². The average molecular weight is 213 g/mol. The number of nitrogens with one attached hydrogen (secondary N) is 1. The normalized spacial score (nSPS) is 18.4. The second-order valence-electron chi connectivity index (χ2n) is 5.31. The van der Waals surface area contributed by atoms with Gasteiger partial charge in [-0.15, -0.1) is 0 Å². The summed E-state index contributed by atoms with van der Waals surface area (Å²) in [6.45, 7) is 10.8. The molecule has 1 aliphatic carbocycles. The van der Waals surface area contributed by atoms with Gasteiger partial charge in [-0.25, -0.2) is 0 Å². The summed E-state index contributed by atoms with van der Waals surface area (Å²) in [5.41, 5.74) is 0. The zero-order chi connectivity index (χ0) is 11.1. The average Bonchev–Trinajstić information content (AvgIpc) is 2.98. The van der Waals surface area contributed by atoms with E-state index in [2.05, 4.69) is 26.1 Å². The second-order valence-corrected chi connectivity index (χ2v) is 5.31. The van der Waals surface area contributed by atoms with E-state index in [4.69, 9.17) is 4.74 Å². The predicted molar refractivity (Wildman–Crippen MR) is 65.0 cm³/mol. The van der Waals surface area contributed by atoms with Gasteiger partial charge in [0, 0.05) is 13.2 Å². The summed E-state index contributed by atoms with van der Waals surface area (Å²) in [5, 5.41) is 3.47. The Balaban J connectivity index is 1.76. The molecule has 1 unspecified atom stereocenters. The van der Waals surface area contributed by atoms with Crippen molar-refractivity contribution in [3.05, 3.63) is 0 Å². The quantitative estimate of drug-likeness (QED) is 0.595. The molecule has 0 radical (unpaired) electrons. The molecule has 0 saturated heterocycles. The third kappa shape index (κ3) is 6.91. The van der Waals surface area contributed by atoms with Crippen LogP contribution in [0.4, 0.5) is 0 Å². The maximum Gasteiger partial charge on any atom is 0.0590 e. The van der Waals surface area contributed by atoms with Crippen LogP contribution in [0.5, 0.6) is 0 Å². The third-order valence-electron chi connectivity index (χ3n) is 3.16. The highest BCUT2D eigenvalue weighted by atomic mass is 16.5. The monoisotopic (exact) mass is 213 g/mol. The molecular weight excluding hydrogens is 186 g/mol. The van der Waals surface area contributed by atoms with E-state index in [1.165, 1.54) is 19.3 Å². The van der Waals surface area contributed by atoms with E-state index in [1.807, 2.05) is 0 Å². The van der Waals surface area contributed by atoms with Crippen molar-refractivity contribution in [2.45, 2.75) is 40.0 Å². The molecule has 0 amide bonds. The molecule has 1 aliphatic rings. The molecular formula is C13H27NO. The summed E-state index contributed by atoms with van der Waals surface area (Å²) in [5.74, 6) is 2.63. The highest BCUT2D eigenvalue weighted by Crippen LogP contribution is 2.35. The van der Waals surface area contributed by atoms with Crippen LogP contribution in [0.25, 0.3) is 0 Å². The minimum absolute atomic E-state index is 0.757. The summed E-state index contributed by atoms with van der Waals surface area (Å²) in [6, 6.07) is 0. The minimum atomic E-state index is 0.757. The highest BCUT2D eigenvalue weighted by molar-refractivity contribution is 4.79. The lowest BCUT2D eigenvalue weighted by Gasteiger charge is -2.11. The van der Waals surface area contributed by atoms with Crippen LogP contribution in [0.15, 0.2) is 0 Å². The molecule has 1 N–H and O–H groups in total. The summed E-state index contributed by atoms with van der Waals surface area (Å²) in [6.07, 6.45) is 4.08. The van der Waals surface area contributed by atoms with Gasteiger partial charge >= 0.3 is 0 Å². The fourth-order valence-electron chi connectivity index (χ4n) is 1.73. The number of rotatable bonds is 9. The van der Waals surface area contributed by atoms with E-state index in [1.54, 1.807) is 0 Å². The first-order chi connectivity index (χ1) is 7.20. The summed E-state index contributed by atoms with van der Waals surface area (Å²) < 4.78 is 5.54. The topological polar surface area (TPSA) is 21.3 Å². The van der Waals surface area contributed by atoms with Crippen molar-refractivity contribution in [3.8, 4) is 0 Å². The van der Waals surface area contributed by atoms with Gasteiger partial charge < -0.3 is 10.1 Å². The lowest BCUT2D eigenvalue weighted by molar-refractivity contribution is 0.124. The van der Waals surface area contributed by atoms with Gasteiger partial charge in [-0.1, -0.05) is 20.8 Å². The lowest BCUT2D eigenvalue weighted by Crippen LogP contribution is -2.26. The van der Waals surface area contributed by atoms with E-state index >= 15 is 0 Å². The maximum absolute atomic E-state index is 5.54. The van der Waals surface area contributed by atoms with Crippen LogP contribution in [-0.4, -0.2) is 26.3 Å². The molecule has 0 aromatic heterocycles. The summed E-state index contributed by atoms with van der Waals surface area (Å²) >= 11 is 0. The van der Waals surface area contributed by atoms with Crippen LogP contribution in [0.2, 0.25) is 0 Å². The van der Waals surface area contributed by atoms with Crippen molar-refractivity contribution >= 4 is 0 Å². The molecule has 2 nitrogen and oxygen atoms in total. The van der Waals surface area contributed by atoms with Gasteiger partial charge in [0.25, 0.3) is 0 Å². The van der Waals surface area contributed by atoms with Gasteiger partial charge in [-0.2, -0.15) is 0 Å². The molecule has 15 heavy (non-hydrogen) atoms. The Morgan fingerprint density at radius 3 is 2.53 bits per heavy atom. The first-order valence-electron chi connectivity index (χ1n) is 6.48. The number of hydrogen-bond acceptors (Lipinski definition) is 2. The molecule has 1 saturated carbocycles. The van der Waals surface area contributed by atoms with E-state index < -0.39 is 0 Å². The van der Waals surface area contributed by atoms with E-state index in [0.717, 1.165) is 44.1 Å². The summed E-state index contributed by atoms with van der Waals surface area (Å²) in [7, 11) is 0. The highest BCUT2D eigenvalue weighted by Gasteiger charge is 2.27. The largest absolute Gasteiger partial charge is 0.380 e. The van der Waals surface area contributed by atoms with Crippen LogP contribution in [0, 0.1) is 17.8 Å². The molecule has 0 heterocycles. The SMILES string of the molecule is CC(C)CCOCCNCC(C)C1CC1. The number of ether oxygens (including phenoxy) is 1. The van der Waals surface area contributed by atoms with Gasteiger partial charge in [0.2, 0.25) is 0 Å². The molecule has 0 aliphatic heterocycles. The Morgan fingerprint density at radius 2 is 1.93 bits per heavy atom. The van der Waals surface area contributed by atoms with Crippen LogP contribution in [0.1, 0.15) is 40.0 Å². The number of hydrogen-bond donors (Lipinski definition) is 1. The smallest absolute Gasteiger partial charge is 0.0590 e. The molecule has 0 bridgehead atoms. The molecule has 1 fully saturated rings. The molecule has 0 aromatic carbocycles.